The lowest BCUT2D eigenvalue weighted by atomic mass is 10.1. The number of rotatable bonds is 5. The largest absolute Gasteiger partial charge is 0.463 e. The van der Waals surface area contributed by atoms with Crippen LogP contribution in [0.2, 0.25) is 5.02 Å². The fourth-order valence-corrected chi connectivity index (χ4v) is 2.71. The maximum atomic E-state index is 12.2. The molecule has 0 atom stereocenters. The molecule has 0 spiro atoms. The minimum absolute atomic E-state index is 0.0142. The van der Waals surface area contributed by atoms with E-state index in [2.05, 4.69) is 21.2 Å². The summed E-state index contributed by atoms with van der Waals surface area (Å²) in [5, 5.41) is 4.31. The van der Waals surface area contributed by atoms with Gasteiger partial charge in [-0.1, -0.05) is 51.8 Å². The highest BCUT2D eigenvalue weighted by atomic mass is 79.9. The Morgan fingerprint density at radius 1 is 1.16 bits per heavy atom. The van der Waals surface area contributed by atoms with Crippen LogP contribution in [0.15, 0.2) is 57.7 Å². The fraction of sp³-hybridized carbons (Fsp3) is 0.111. The van der Waals surface area contributed by atoms with Crippen molar-refractivity contribution in [3.63, 3.8) is 0 Å². The molecule has 0 radical (unpaired) electrons. The van der Waals surface area contributed by atoms with E-state index in [1.165, 1.54) is 6.07 Å². The topological polar surface area (TPSA) is 68.5 Å². The quantitative estimate of drug-likeness (QED) is 0.616. The van der Waals surface area contributed by atoms with Crippen LogP contribution in [0.3, 0.4) is 0 Å². The molecule has 0 aliphatic rings. The molecule has 0 aliphatic heterocycles. The summed E-state index contributed by atoms with van der Waals surface area (Å²) in [6, 6.07) is 13.6. The zero-order valence-electron chi connectivity index (χ0n) is 12.9. The third kappa shape index (κ3) is 3.86. The second-order valence-electron chi connectivity index (χ2n) is 5.11. The summed E-state index contributed by atoms with van der Waals surface area (Å²) in [6.07, 6.45) is 0. The Morgan fingerprint density at radius 3 is 2.64 bits per heavy atom. The summed E-state index contributed by atoms with van der Waals surface area (Å²) < 4.78 is 10.4. The fourth-order valence-electron chi connectivity index (χ4n) is 2.29. The second-order valence-corrected chi connectivity index (χ2v) is 6.28. The number of hydrogen-bond donors (Lipinski definition) is 1. The average molecular weight is 423 g/mol. The van der Waals surface area contributed by atoms with Crippen molar-refractivity contribution in [3.8, 4) is 5.95 Å². The van der Waals surface area contributed by atoms with E-state index in [0.29, 0.717) is 28.6 Å². The highest BCUT2D eigenvalue weighted by Gasteiger charge is 2.15. The number of ether oxygens (including phenoxy) is 1. The number of amides is 1. The standard InChI is InChI=1S/C18H13BrClNO4/c19-8-9-24-18-15(20)13-7-6-12(10-14(13)17(23)25-18)21-16(22)11-4-2-1-3-5-11/h1-7,10H,8-9H2,(H,21,22). The van der Waals surface area contributed by atoms with E-state index in [1.807, 2.05) is 6.07 Å². The van der Waals surface area contributed by atoms with E-state index in [1.54, 1.807) is 36.4 Å². The Morgan fingerprint density at radius 2 is 1.92 bits per heavy atom. The van der Waals surface area contributed by atoms with Crippen molar-refractivity contribution in [2.75, 3.05) is 17.3 Å². The zero-order valence-corrected chi connectivity index (χ0v) is 15.3. The van der Waals surface area contributed by atoms with Crippen molar-refractivity contribution in [2.45, 2.75) is 0 Å². The van der Waals surface area contributed by atoms with Gasteiger partial charge in [0.15, 0.2) is 0 Å². The summed E-state index contributed by atoms with van der Waals surface area (Å²) >= 11 is 9.47. The minimum atomic E-state index is -0.584. The van der Waals surface area contributed by atoms with Crippen molar-refractivity contribution >= 4 is 49.9 Å². The summed E-state index contributed by atoms with van der Waals surface area (Å²) in [5.41, 5.74) is 0.407. The lowest BCUT2D eigenvalue weighted by Crippen LogP contribution is -2.12. The van der Waals surface area contributed by atoms with Gasteiger partial charge in [-0.25, -0.2) is 4.79 Å². The molecule has 0 unspecified atom stereocenters. The maximum absolute atomic E-state index is 12.2. The van der Waals surface area contributed by atoms with E-state index in [0.717, 1.165) is 0 Å². The lowest BCUT2D eigenvalue weighted by molar-refractivity contribution is 0.102. The molecule has 1 amide bonds. The SMILES string of the molecule is O=C(Nc1ccc2c(Cl)c(OCCBr)oc(=O)c2c1)c1ccccc1. The zero-order chi connectivity index (χ0) is 17.8. The van der Waals surface area contributed by atoms with Crippen molar-refractivity contribution in [1.29, 1.82) is 0 Å². The van der Waals surface area contributed by atoms with Crippen molar-refractivity contribution in [1.82, 2.24) is 0 Å². The van der Waals surface area contributed by atoms with Gasteiger partial charge in [-0.15, -0.1) is 0 Å². The van der Waals surface area contributed by atoms with Crippen LogP contribution in [-0.4, -0.2) is 17.8 Å². The molecule has 1 aromatic heterocycles. The molecule has 0 aliphatic carbocycles. The number of anilines is 1. The van der Waals surface area contributed by atoms with Gasteiger partial charge in [0.1, 0.15) is 11.6 Å². The summed E-state index contributed by atoms with van der Waals surface area (Å²) in [7, 11) is 0. The third-order valence-electron chi connectivity index (χ3n) is 3.44. The first-order chi connectivity index (χ1) is 12.1. The van der Waals surface area contributed by atoms with Crippen molar-refractivity contribution in [2.24, 2.45) is 0 Å². The molecular weight excluding hydrogens is 410 g/mol. The molecule has 0 saturated heterocycles. The van der Waals surface area contributed by atoms with Crippen LogP contribution in [-0.2, 0) is 0 Å². The molecule has 0 fully saturated rings. The average Bonchev–Trinajstić information content (AvgIpc) is 2.64. The Labute approximate surface area is 156 Å². The lowest BCUT2D eigenvalue weighted by Gasteiger charge is -2.09. The number of carbonyl (C=O) groups excluding carboxylic acids is 1. The highest BCUT2D eigenvalue weighted by Crippen LogP contribution is 2.32. The van der Waals surface area contributed by atoms with Crippen LogP contribution in [0.5, 0.6) is 5.95 Å². The molecule has 3 rings (SSSR count). The van der Waals surface area contributed by atoms with Gasteiger partial charge in [0.2, 0.25) is 0 Å². The Bertz CT molecular complexity index is 972. The maximum Gasteiger partial charge on any atom is 0.346 e. The monoisotopic (exact) mass is 421 g/mol. The van der Waals surface area contributed by atoms with Gasteiger partial charge in [-0.05, 0) is 24.3 Å². The number of halogens is 2. The second kappa shape index (κ2) is 7.72. The molecule has 3 aromatic rings. The van der Waals surface area contributed by atoms with Crippen LogP contribution >= 0.6 is 27.5 Å². The number of nitrogens with one attached hydrogen (secondary N) is 1. The smallest absolute Gasteiger partial charge is 0.346 e. The van der Waals surface area contributed by atoms with Crippen LogP contribution in [0.4, 0.5) is 5.69 Å². The molecule has 2 aromatic carbocycles. The first-order valence-corrected chi connectivity index (χ1v) is 8.91. The van der Waals surface area contributed by atoms with Gasteiger partial charge in [-0.3, -0.25) is 4.79 Å². The number of benzene rings is 2. The van der Waals surface area contributed by atoms with Crippen molar-refractivity contribution < 1.29 is 13.9 Å². The molecule has 5 nitrogen and oxygen atoms in total. The van der Waals surface area contributed by atoms with Crippen molar-refractivity contribution in [3.05, 3.63) is 69.5 Å². The number of hydrogen-bond acceptors (Lipinski definition) is 4. The molecule has 0 saturated carbocycles. The predicted octanol–water partition coefficient (Wildman–Crippen LogP) is 4.47. The van der Waals surface area contributed by atoms with Gasteiger partial charge in [-0.2, -0.15) is 0 Å². The highest BCUT2D eigenvalue weighted by molar-refractivity contribution is 9.09. The molecule has 7 heteroatoms. The Kier molecular flexibility index (Phi) is 5.40. The first kappa shape index (κ1) is 17.5. The Hall–Kier alpha value is -2.31. The summed E-state index contributed by atoms with van der Waals surface area (Å²) in [5.74, 6) is -0.285. The van der Waals surface area contributed by atoms with Gasteiger partial charge in [0.25, 0.3) is 5.91 Å². The predicted molar refractivity (Wildman–Crippen MR) is 101 cm³/mol. The van der Waals surface area contributed by atoms with Crippen LogP contribution < -0.4 is 15.7 Å². The molecule has 1 N–H and O–H groups in total. The Balaban J connectivity index is 1.94. The van der Waals surface area contributed by atoms with Gasteiger partial charge < -0.3 is 14.5 Å². The van der Waals surface area contributed by atoms with E-state index in [9.17, 15) is 9.59 Å². The minimum Gasteiger partial charge on any atom is -0.463 e. The van der Waals surface area contributed by atoms with Gasteiger partial charge >= 0.3 is 11.6 Å². The molecule has 25 heavy (non-hydrogen) atoms. The third-order valence-corrected chi connectivity index (χ3v) is 4.13. The molecule has 0 bridgehead atoms. The van der Waals surface area contributed by atoms with E-state index in [-0.39, 0.29) is 22.3 Å². The normalized spacial score (nSPS) is 10.6. The van der Waals surface area contributed by atoms with E-state index >= 15 is 0 Å². The number of fused-ring (bicyclic) bond motifs is 1. The van der Waals surface area contributed by atoms with Crippen LogP contribution in [0.1, 0.15) is 10.4 Å². The van der Waals surface area contributed by atoms with Gasteiger partial charge in [0.05, 0.1) is 5.39 Å². The molecule has 128 valence electrons. The van der Waals surface area contributed by atoms with E-state index < -0.39 is 5.63 Å². The van der Waals surface area contributed by atoms with Crippen LogP contribution in [0.25, 0.3) is 10.8 Å². The number of carbonyl (C=O) groups is 1. The number of alkyl halides is 1. The molecule has 1 heterocycles. The summed E-state index contributed by atoms with van der Waals surface area (Å²) in [6.45, 7) is 0.319. The molecular formula is C18H13BrClNO4. The summed E-state index contributed by atoms with van der Waals surface area (Å²) in [4.78, 5) is 24.4. The first-order valence-electron chi connectivity index (χ1n) is 7.41. The van der Waals surface area contributed by atoms with Crippen LogP contribution in [0, 0.1) is 0 Å². The van der Waals surface area contributed by atoms with Gasteiger partial charge in [0, 0.05) is 22.0 Å². The van der Waals surface area contributed by atoms with E-state index in [4.69, 9.17) is 20.8 Å².